The Morgan fingerprint density at radius 1 is 1.40 bits per heavy atom. The Hall–Kier alpha value is -0.920. The largest absolute Gasteiger partial charge is 0.326 e. The van der Waals surface area contributed by atoms with Crippen LogP contribution in [0.15, 0.2) is 29.6 Å². The maximum absolute atomic E-state index is 11.5. The van der Waals surface area contributed by atoms with Gasteiger partial charge in [0.1, 0.15) is 0 Å². The standard InChI is InChI=1S/C15H15IN2OS/c1-2-17-15(11-6-13(16)20-8-11)9-3-4-12-10(5-9)7-14(19)18-12/h3-6,8,15,17H,2,7H2,1H3,(H,18,19). The number of fused-ring (bicyclic) bond motifs is 1. The molecule has 1 aromatic heterocycles. The Bertz CT molecular complexity index is 653. The van der Waals surface area contributed by atoms with Gasteiger partial charge in [-0.25, -0.2) is 0 Å². The van der Waals surface area contributed by atoms with E-state index < -0.39 is 0 Å². The molecule has 0 saturated heterocycles. The number of hydrogen-bond donors (Lipinski definition) is 2. The second kappa shape index (κ2) is 5.83. The van der Waals surface area contributed by atoms with Crippen LogP contribution < -0.4 is 10.6 Å². The number of benzene rings is 1. The molecule has 0 radical (unpaired) electrons. The average Bonchev–Trinajstić information content (AvgIpc) is 3.00. The molecule has 2 N–H and O–H groups in total. The molecule has 20 heavy (non-hydrogen) atoms. The van der Waals surface area contributed by atoms with Crippen molar-refractivity contribution in [3.8, 4) is 0 Å². The third-order valence-electron chi connectivity index (χ3n) is 3.42. The van der Waals surface area contributed by atoms with E-state index in [4.69, 9.17) is 0 Å². The molecule has 1 aromatic carbocycles. The molecule has 1 aliphatic rings. The molecule has 0 spiro atoms. The van der Waals surface area contributed by atoms with Crippen molar-refractivity contribution in [1.29, 1.82) is 0 Å². The van der Waals surface area contributed by atoms with Crippen LogP contribution in [0, 0.1) is 2.88 Å². The minimum atomic E-state index is 0.0854. The zero-order chi connectivity index (χ0) is 14.1. The van der Waals surface area contributed by atoms with E-state index in [1.165, 1.54) is 14.0 Å². The van der Waals surface area contributed by atoms with Gasteiger partial charge in [0, 0.05) is 5.69 Å². The summed E-state index contributed by atoms with van der Waals surface area (Å²) in [7, 11) is 0. The van der Waals surface area contributed by atoms with Gasteiger partial charge in [-0.3, -0.25) is 4.79 Å². The van der Waals surface area contributed by atoms with Crippen molar-refractivity contribution in [1.82, 2.24) is 5.32 Å². The quantitative estimate of drug-likeness (QED) is 0.774. The predicted octanol–water partition coefficient (Wildman–Crippen LogP) is 3.55. The number of nitrogens with one attached hydrogen (secondary N) is 2. The topological polar surface area (TPSA) is 41.1 Å². The SMILES string of the molecule is CCNC(c1csc(I)c1)c1ccc2c(c1)CC(=O)N2. The lowest BCUT2D eigenvalue weighted by atomic mass is 9.98. The maximum atomic E-state index is 11.5. The van der Waals surface area contributed by atoms with Crippen LogP contribution >= 0.6 is 33.9 Å². The molecule has 1 atom stereocenters. The molecule has 0 aliphatic carbocycles. The molecule has 1 amide bonds. The van der Waals surface area contributed by atoms with Crippen molar-refractivity contribution in [3.63, 3.8) is 0 Å². The van der Waals surface area contributed by atoms with E-state index in [-0.39, 0.29) is 11.9 Å². The molecule has 0 fully saturated rings. The van der Waals surface area contributed by atoms with E-state index >= 15 is 0 Å². The molecule has 2 heterocycles. The van der Waals surface area contributed by atoms with Gasteiger partial charge in [0.2, 0.25) is 5.91 Å². The first-order valence-electron chi connectivity index (χ1n) is 6.57. The van der Waals surface area contributed by atoms with Crippen LogP contribution in [0.4, 0.5) is 5.69 Å². The second-order valence-electron chi connectivity index (χ2n) is 4.82. The number of hydrogen-bond acceptors (Lipinski definition) is 3. The minimum Gasteiger partial charge on any atom is -0.326 e. The number of rotatable bonds is 4. The first kappa shape index (κ1) is 14.0. The maximum Gasteiger partial charge on any atom is 0.228 e. The van der Waals surface area contributed by atoms with Gasteiger partial charge in [-0.15, -0.1) is 11.3 Å². The lowest BCUT2D eigenvalue weighted by molar-refractivity contribution is -0.115. The van der Waals surface area contributed by atoms with Crippen molar-refractivity contribution in [2.24, 2.45) is 0 Å². The Morgan fingerprint density at radius 2 is 2.25 bits per heavy atom. The lowest BCUT2D eigenvalue weighted by Gasteiger charge is -2.18. The summed E-state index contributed by atoms with van der Waals surface area (Å²) >= 11 is 4.11. The monoisotopic (exact) mass is 398 g/mol. The third-order valence-corrected chi connectivity index (χ3v) is 5.22. The first-order chi connectivity index (χ1) is 9.67. The summed E-state index contributed by atoms with van der Waals surface area (Å²) in [5.41, 5.74) is 4.56. The van der Waals surface area contributed by atoms with E-state index in [0.717, 1.165) is 17.8 Å². The van der Waals surface area contributed by atoms with Gasteiger partial charge in [-0.05, 0) is 63.3 Å². The highest BCUT2D eigenvalue weighted by atomic mass is 127. The lowest BCUT2D eigenvalue weighted by Crippen LogP contribution is -2.21. The zero-order valence-electron chi connectivity index (χ0n) is 11.1. The molecule has 1 aliphatic heterocycles. The first-order valence-corrected chi connectivity index (χ1v) is 8.53. The van der Waals surface area contributed by atoms with Crippen LogP contribution in [0.3, 0.4) is 0 Å². The Morgan fingerprint density at radius 3 is 2.95 bits per heavy atom. The van der Waals surface area contributed by atoms with Gasteiger partial charge < -0.3 is 10.6 Å². The number of halogens is 1. The predicted molar refractivity (Wildman–Crippen MR) is 91.3 cm³/mol. The summed E-state index contributed by atoms with van der Waals surface area (Å²) in [5, 5.41) is 8.61. The van der Waals surface area contributed by atoms with Crippen molar-refractivity contribution in [3.05, 3.63) is 49.2 Å². The van der Waals surface area contributed by atoms with Crippen LogP contribution in [0.25, 0.3) is 0 Å². The van der Waals surface area contributed by atoms with E-state index in [1.807, 2.05) is 6.07 Å². The third kappa shape index (κ3) is 2.75. The molecular formula is C15H15IN2OS. The number of thiophene rings is 1. The van der Waals surface area contributed by atoms with Gasteiger partial charge in [-0.1, -0.05) is 19.1 Å². The fourth-order valence-electron chi connectivity index (χ4n) is 2.54. The second-order valence-corrected chi connectivity index (χ2v) is 7.62. The zero-order valence-corrected chi connectivity index (χ0v) is 14.0. The summed E-state index contributed by atoms with van der Waals surface area (Å²) in [4.78, 5) is 11.5. The Balaban J connectivity index is 1.96. The van der Waals surface area contributed by atoms with Crippen molar-refractivity contribution in [2.75, 3.05) is 11.9 Å². The van der Waals surface area contributed by atoms with Crippen molar-refractivity contribution >= 4 is 45.5 Å². The fourth-order valence-corrected chi connectivity index (χ4v) is 3.93. The van der Waals surface area contributed by atoms with Crippen LogP contribution in [0.5, 0.6) is 0 Å². The van der Waals surface area contributed by atoms with E-state index in [2.05, 4.69) is 63.7 Å². The molecule has 5 heteroatoms. The minimum absolute atomic E-state index is 0.0854. The van der Waals surface area contributed by atoms with E-state index in [9.17, 15) is 4.79 Å². The summed E-state index contributed by atoms with van der Waals surface area (Å²) in [5.74, 6) is 0.0854. The summed E-state index contributed by atoms with van der Waals surface area (Å²) in [6, 6.07) is 8.67. The van der Waals surface area contributed by atoms with Crippen LogP contribution in [0.1, 0.15) is 29.7 Å². The van der Waals surface area contributed by atoms with Crippen LogP contribution in [-0.4, -0.2) is 12.5 Å². The normalized spacial score (nSPS) is 15.0. The van der Waals surface area contributed by atoms with Crippen molar-refractivity contribution in [2.45, 2.75) is 19.4 Å². The highest BCUT2D eigenvalue weighted by Crippen LogP contribution is 2.31. The molecule has 0 saturated carbocycles. The molecule has 2 aromatic rings. The number of anilines is 1. The molecule has 0 bridgehead atoms. The van der Waals surface area contributed by atoms with Gasteiger partial charge in [0.25, 0.3) is 0 Å². The molecule has 1 unspecified atom stereocenters. The van der Waals surface area contributed by atoms with Gasteiger partial charge >= 0.3 is 0 Å². The summed E-state index contributed by atoms with van der Waals surface area (Å²) in [6.45, 7) is 3.02. The average molecular weight is 398 g/mol. The molecule has 104 valence electrons. The number of amides is 1. The van der Waals surface area contributed by atoms with E-state index in [1.54, 1.807) is 11.3 Å². The summed E-state index contributed by atoms with van der Waals surface area (Å²) in [6.07, 6.45) is 0.489. The van der Waals surface area contributed by atoms with Gasteiger partial charge in [-0.2, -0.15) is 0 Å². The van der Waals surface area contributed by atoms with Gasteiger partial charge in [0.05, 0.1) is 15.3 Å². The van der Waals surface area contributed by atoms with Crippen molar-refractivity contribution < 1.29 is 4.79 Å². The van der Waals surface area contributed by atoms with Crippen LogP contribution in [-0.2, 0) is 11.2 Å². The Labute approximate surface area is 135 Å². The Kier molecular flexibility index (Phi) is 4.09. The number of carbonyl (C=O) groups is 1. The highest BCUT2D eigenvalue weighted by Gasteiger charge is 2.21. The molecule has 3 nitrogen and oxygen atoms in total. The van der Waals surface area contributed by atoms with E-state index in [0.29, 0.717) is 6.42 Å². The molecule has 3 rings (SSSR count). The smallest absolute Gasteiger partial charge is 0.228 e. The van der Waals surface area contributed by atoms with Crippen LogP contribution in [0.2, 0.25) is 0 Å². The summed E-state index contributed by atoms with van der Waals surface area (Å²) < 4.78 is 1.29. The molecular weight excluding hydrogens is 383 g/mol. The highest BCUT2D eigenvalue weighted by molar-refractivity contribution is 14.1. The van der Waals surface area contributed by atoms with Gasteiger partial charge in [0.15, 0.2) is 0 Å². The fraction of sp³-hybridized carbons (Fsp3) is 0.267. The number of carbonyl (C=O) groups excluding carboxylic acids is 1.